The second-order valence-corrected chi connectivity index (χ2v) is 11.3. The summed E-state index contributed by atoms with van der Waals surface area (Å²) < 4.78 is 52.0. The second-order valence-electron chi connectivity index (χ2n) is 9.13. The molecule has 11 heteroatoms. The average molecular weight is 550 g/mol. The van der Waals surface area contributed by atoms with Crippen LogP contribution in [0.3, 0.4) is 0 Å². The SMILES string of the molecule is CC[C@@H](C)NC(=O)[C@H](CC)N(Cc1ccc(F)cc1)C(=O)CN(c1ccc2c(c1)OCCO2)S(=O)(=O)CC. The van der Waals surface area contributed by atoms with E-state index in [4.69, 9.17) is 9.47 Å². The standard InChI is InChI=1S/C27H36FN3O6S/c1-5-19(4)29-27(33)23(6-2)30(17-20-8-10-21(28)11-9-20)26(32)18-31(38(34,35)7-3)22-12-13-24-25(16-22)37-15-14-36-24/h8-13,16,19,23H,5-7,14-15,17-18H2,1-4H3,(H,29,33)/t19-,23+/m1/s1. The van der Waals surface area contributed by atoms with Crippen LogP contribution in [0.15, 0.2) is 42.5 Å². The van der Waals surface area contributed by atoms with E-state index in [2.05, 4.69) is 5.32 Å². The highest BCUT2D eigenvalue weighted by Crippen LogP contribution is 2.35. The van der Waals surface area contributed by atoms with Crippen LogP contribution in [0.4, 0.5) is 10.1 Å². The minimum absolute atomic E-state index is 0.00664. The summed E-state index contributed by atoms with van der Waals surface area (Å²) >= 11 is 0. The number of anilines is 1. The molecule has 0 unspecified atom stereocenters. The molecule has 0 radical (unpaired) electrons. The predicted molar refractivity (Wildman–Crippen MR) is 143 cm³/mol. The van der Waals surface area contributed by atoms with E-state index in [1.807, 2.05) is 13.8 Å². The molecule has 2 aromatic carbocycles. The van der Waals surface area contributed by atoms with Crippen LogP contribution in [0.1, 0.15) is 46.1 Å². The Morgan fingerprint density at radius 2 is 1.66 bits per heavy atom. The molecule has 0 saturated carbocycles. The molecule has 2 atom stereocenters. The molecule has 2 aromatic rings. The van der Waals surface area contributed by atoms with Crippen molar-refractivity contribution in [3.05, 3.63) is 53.8 Å². The van der Waals surface area contributed by atoms with Gasteiger partial charge in [0, 0.05) is 18.7 Å². The number of ether oxygens (including phenoxy) is 2. The monoisotopic (exact) mass is 549 g/mol. The zero-order valence-corrected chi connectivity index (χ0v) is 23.1. The van der Waals surface area contributed by atoms with E-state index in [-0.39, 0.29) is 29.9 Å². The summed E-state index contributed by atoms with van der Waals surface area (Å²) in [6, 6.07) is 9.38. The van der Waals surface area contributed by atoms with Crippen molar-refractivity contribution < 1.29 is 31.9 Å². The van der Waals surface area contributed by atoms with Gasteiger partial charge in [0.15, 0.2) is 11.5 Å². The van der Waals surface area contributed by atoms with Gasteiger partial charge in [-0.3, -0.25) is 13.9 Å². The Balaban J connectivity index is 1.97. The summed E-state index contributed by atoms with van der Waals surface area (Å²) in [6.45, 7) is 7.28. The van der Waals surface area contributed by atoms with Gasteiger partial charge in [0.1, 0.15) is 31.6 Å². The summed E-state index contributed by atoms with van der Waals surface area (Å²) in [4.78, 5) is 28.4. The molecule has 2 amide bonds. The molecule has 3 rings (SSSR count). The molecule has 9 nitrogen and oxygen atoms in total. The Morgan fingerprint density at radius 3 is 2.26 bits per heavy atom. The van der Waals surface area contributed by atoms with Crippen molar-refractivity contribution in [3.8, 4) is 11.5 Å². The van der Waals surface area contributed by atoms with E-state index < -0.39 is 34.3 Å². The van der Waals surface area contributed by atoms with Crippen molar-refractivity contribution in [1.82, 2.24) is 10.2 Å². The van der Waals surface area contributed by atoms with Gasteiger partial charge >= 0.3 is 0 Å². The molecule has 38 heavy (non-hydrogen) atoms. The first-order chi connectivity index (χ1) is 18.1. The first kappa shape index (κ1) is 29.2. The van der Waals surface area contributed by atoms with Gasteiger partial charge < -0.3 is 19.7 Å². The van der Waals surface area contributed by atoms with E-state index in [1.54, 1.807) is 19.1 Å². The predicted octanol–water partition coefficient (Wildman–Crippen LogP) is 3.48. The first-order valence-electron chi connectivity index (χ1n) is 12.8. The number of fused-ring (bicyclic) bond motifs is 1. The number of hydrogen-bond donors (Lipinski definition) is 1. The average Bonchev–Trinajstić information content (AvgIpc) is 2.92. The van der Waals surface area contributed by atoms with Crippen LogP contribution in [0, 0.1) is 5.82 Å². The number of carbonyl (C=O) groups excluding carboxylic acids is 2. The van der Waals surface area contributed by atoms with Crippen LogP contribution in [0.25, 0.3) is 0 Å². The van der Waals surface area contributed by atoms with Gasteiger partial charge in [-0.25, -0.2) is 12.8 Å². The quantitative estimate of drug-likeness (QED) is 0.435. The highest BCUT2D eigenvalue weighted by Gasteiger charge is 2.33. The normalized spacial score (nSPS) is 14.3. The number of nitrogens with one attached hydrogen (secondary N) is 1. The number of nitrogens with zero attached hydrogens (tertiary/aromatic N) is 2. The molecule has 208 valence electrons. The third-order valence-electron chi connectivity index (χ3n) is 6.45. The molecule has 1 N–H and O–H groups in total. The van der Waals surface area contributed by atoms with Crippen molar-refractivity contribution >= 4 is 27.5 Å². The fourth-order valence-corrected chi connectivity index (χ4v) is 5.11. The lowest BCUT2D eigenvalue weighted by Gasteiger charge is -2.33. The minimum Gasteiger partial charge on any atom is -0.486 e. The lowest BCUT2D eigenvalue weighted by molar-refractivity contribution is -0.140. The fraction of sp³-hybridized carbons (Fsp3) is 0.481. The molecule has 0 bridgehead atoms. The Labute approximate surface area is 224 Å². The first-order valence-corrected chi connectivity index (χ1v) is 14.4. The summed E-state index contributed by atoms with van der Waals surface area (Å²) in [6.07, 6.45) is 1.01. The molecule has 0 spiro atoms. The van der Waals surface area contributed by atoms with Crippen molar-refractivity contribution in [2.24, 2.45) is 0 Å². The van der Waals surface area contributed by atoms with Crippen LogP contribution < -0.4 is 19.1 Å². The van der Waals surface area contributed by atoms with Gasteiger partial charge in [-0.05, 0) is 56.5 Å². The molecule has 0 saturated heterocycles. The molecule has 0 fully saturated rings. The fourth-order valence-electron chi connectivity index (χ4n) is 4.05. The molecular weight excluding hydrogens is 513 g/mol. The smallest absolute Gasteiger partial charge is 0.244 e. The highest BCUT2D eigenvalue weighted by molar-refractivity contribution is 7.92. The van der Waals surface area contributed by atoms with Crippen molar-refractivity contribution in [2.45, 2.75) is 59.2 Å². The lowest BCUT2D eigenvalue weighted by atomic mass is 10.1. The Kier molecular flexibility index (Phi) is 9.96. The zero-order chi connectivity index (χ0) is 27.9. The number of benzene rings is 2. The number of amides is 2. The topological polar surface area (TPSA) is 105 Å². The van der Waals surface area contributed by atoms with Crippen LogP contribution >= 0.6 is 0 Å². The van der Waals surface area contributed by atoms with Crippen molar-refractivity contribution in [3.63, 3.8) is 0 Å². The van der Waals surface area contributed by atoms with E-state index in [0.29, 0.717) is 43.1 Å². The van der Waals surface area contributed by atoms with Crippen molar-refractivity contribution in [2.75, 3.05) is 29.8 Å². The third kappa shape index (κ3) is 7.15. The number of sulfonamides is 1. The highest BCUT2D eigenvalue weighted by atomic mass is 32.2. The second kappa shape index (κ2) is 12.9. The molecule has 1 aliphatic rings. The number of carbonyl (C=O) groups is 2. The Bertz CT molecular complexity index is 1220. The molecule has 0 aromatic heterocycles. The largest absolute Gasteiger partial charge is 0.486 e. The maximum Gasteiger partial charge on any atom is 0.244 e. The van der Waals surface area contributed by atoms with Gasteiger partial charge in [-0.1, -0.05) is 26.0 Å². The van der Waals surface area contributed by atoms with Gasteiger partial charge in [0.05, 0.1) is 11.4 Å². The summed E-state index contributed by atoms with van der Waals surface area (Å²) in [5.41, 5.74) is 0.863. The van der Waals surface area contributed by atoms with Crippen molar-refractivity contribution in [1.29, 1.82) is 0 Å². The van der Waals surface area contributed by atoms with E-state index in [1.165, 1.54) is 42.2 Å². The van der Waals surface area contributed by atoms with Gasteiger partial charge in [-0.2, -0.15) is 0 Å². The zero-order valence-electron chi connectivity index (χ0n) is 22.3. The maximum atomic E-state index is 13.8. The summed E-state index contributed by atoms with van der Waals surface area (Å²) in [5.74, 6) is -0.676. The molecule has 1 heterocycles. The van der Waals surface area contributed by atoms with Gasteiger partial charge in [0.2, 0.25) is 21.8 Å². The Morgan fingerprint density at radius 1 is 1.00 bits per heavy atom. The van der Waals surface area contributed by atoms with Crippen LogP contribution in [-0.2, 0) is 26.2 Å². The minimum atomic E-state index is -3.88. The third-order valence-corrected chi connectivity index (χ3v) is 8.19. The van der Waals surface area contributed by atoms with E-state index in [0.717, 1.165) is 4.31 Å². The lowest BCUT2D eigenvalue weighted by Crippen LogP contribution is -2.53. The Hall–Kier alpha value is -3.34. The number of halogens is 1. The summed E-state index contributed by atoms with van der Waals surface area (Å²) in [7, 11) is -3.88. The van der Waals surface area contributed by atoms with Crippen LogP contribution in [-0.4, -0.2) is 62.7 Å². The number of hydrogen-bond acceptors (Lipinski definition) is 6. The molecule has 1 aliphatic heterocycles. The van der Waals surface area contributed by atoms with E-state index >= 15 is 0 Å². The van der Waals surface area contributed by atoms with Crippen LogP contribution in [0.2, 0.25) is 0 Å². The van der Waals surface area contributed by atoms with E-state index in [9.17, 15) is 22.4 Å². The molecule has 0 aliphatic carbocycles. The van der Waals surface area contributed by atoms with Gasteiger partial charge in [0.25, 0.3) is 0 Å². The van der Waals surface area contributed by atoms with Crippen LogP contribution in [0.5, 0.6) is 11.5 Å². The number of rotatable bonds is 12. The molecular formula is C27H36FN3O6S. The summed E-state index contributed by atoms with van der Waals surface area (Å²) in [5, 5.41) is 2.92. The van der Waals surface area contributed by atoms with Gasteiger partial charge in [-0.15, -0.1) is 0 Å². The maximum absolute atomic E-state index is 13.8.